The van der Waals surface area contributed by atoms with Gasteiger partial charge in [0.15, 0.2) is 5.58 Å². The van der Waals surface area contributed by atoms with Crippen molar-refractivity contribution in [3.05, 3.63) is 261 Å². The van der Waals surface area contributed by atoms with Crippen molar-refractivity contribution in [3.63, 3.8) is 0 Å². The van der Waals surface area contributed by atoms with Crippen molar-refractivity contribution in [2.75, 3.05) is 4.90 Å². The third-order valence-electron chi connectivity index (χ3n) is 14.4. The number of furan rings is 1. The van der Waals surface area contributed by atoms with E-state index >= 15 is 0 Å². The van der Waals surface area contributed by atoms with Crippen LogP contribution in [0.1, 0.15) is 0 Å². The molecule has 0 atom stereocenters. The number of fused-ring (bicyclic) bond motifs is 9. The second-order valence-corrected chi connectivity index (χ2v) is 18.4. The smallest absolute Gasteiger partial charge is 0.159 e. The average Bonchev–Trinajstić information content (AvgIpc) is 3.84. The summed E-state index contributed by atoms with van der Waals surface area (Å²) < 4.78 is 7.30. The lowest BCUT2D eigenvalue weighted by atomic mass is 9.93. The first-order valence-electron chi connectivity index (χ1n) is 24.1. The Bertz CT molecular complexity index is 4350. The van der Waals surface area contributed by atoms with Gasteiger partial charge in [-0.3, -0.25) is 0 Å². The molecule has 0 fully saturated rings. The van der Waals surface area contributed by atoms with Gasteiger partial charge in [-0.25, -0.2) is 0 Å². The van der Waals surface area contributed by atoms with Crippen molar-refractivity contribution in [1.29, 1.82) is 0 Å². The monoisotopic (exact) mass is 889 g/mol. The van der Waals surface area contributed by atoms with E-state index in [1.54, 1.807) is 0 Å². The van der Waals surface area contributed by atoms with Crippen LogP contribution in [0.4, 0.5) is 17.1 Å². The lowest BCUT2D eigenvalue weighted by molar-refractivity contribution is 0.670. The number of anilines is 3. The van der Waals surface area contributed by atoms with Gasteiger partial charge in [-0.05, 0) is 136 Å². The van der Waals surface area contributed by atoms with Gasteiger partial charge in [0, 0.05) is 27.4 Å². The van der Waals surface area contributed by atoms with Crippen LogP contribution in [0.2, 0.25) is 0 Å². The summed E-state index contributed by atoms with van der Waals surface area (Å²) in [5.41, 5.74) is 14.2. The molecular weight excluding hydrogens is 847 g/mol. The molecule has 2 heteroatoms. The molecule has 2 nitrogen and oxygen atoms in total. The first-order valence-corrected chi connectivity index (χ1v) is 24.1. The highest BCUT2D eigenvalue weighted by atomic mass is 16.3. The molecule has 0 aliphatic rings. The Morgan fingerprint density at radius 2 is 0.743 bits per heavy atom. The SMILES string of the molecule is c1ccc(-c2cc3ccccc3c3c2oc2c(N(c4ccc(-c5ccc6cc(-c7ccc8ccccc8c7)ccc6c5)cc4)c4cccc5c(-c6cccc7ccccc67)cccc45)cccc23)cc1. The van der Waals surface area contributed by atoms with Gasteiger partial charge in [0.05, 0.1) is 11.4 Å². The van der Waals surface area contributed by atoms with Gasteiger partial charge < -0.3 is 9.32 Å². The molecule has 0 aliphatic carbocycles. The minimum atomic E-state index is 0.843. The van der Waals surface area contributed by atoms with Crippen LogP contribution < -0.4 is 4.90 Å². The lowest BCUT2D eigenvalue weighted by Gasteiger charge is -2.27. The Morgan fingerprint density at radius 3 is 1.50 bits per heavy atom. The van der Waals surface area contributed by atoms with Gasteiger partial charge in [-0.15, -0.1) is 0 Å². The van der Waals surface area contributed by atoms with E-state index in [1.807, 2.05) is 0 Å². The molecule has 1 aromatic heterocycles. The van der Waals surface area contributed by atoms with E-state index in [0.717, 1.165) is 61.1 Å². The summed E-state index contributed by atoms with van der Waals surface area (Å²) in [5, 5.41) is 14.3. The molecule has 326 valence electrons. The molecular formula is C68H43NO. The van der Waals surface area contributed by atoms with Crippen molar-refractivity contribution in [1.82, 2.24) is 0 Å². The summed E-state index contributed by atoms with van der Waals surface area (Å²) in [6.07, 6.45) is 0. The first-order chi connectivity index (χ1) is 34.7. The highest BCUT2D eigenvalue weighted by Crippen LogP contribution is 2.49. The maximum atomic E-state index is 7.30. The number of hydrogen-bond acceptors (Lipinski definition) is 2. The van der Waals surface area contributed by atoms with Gasteiger partial charge in [-0.2, -0.15) is 0 Å². The molecule has 0 bridgehead atoms. The predicted octanol–water partition coefficient (Wildman–Crippen LogP) is 19.5. The van der Waals surface area contributed by atoms with Crippen molar-refractivity contribution >= 4 is 92.9 Å². The van der Waals surface area contributed by atoms with E-state index in [4.69, 9.17) is 4.42 Å². The molecule has 14 rings (SSSR count). The largest absolute Gasteiger partial charge is 0.453 e. The van der Waals surface area contributed by atoms with E-state index in [9.17, 15) is 0 Å². The van der Waals surface area contributed by atoms with Gasteiger partial charge >= 0.3 is 0 Å². The van der Waals surface area contributed by atoms with E-state index < -0.39 is 0 Å². The van der Waals surface area contributed by atoms with Crippen molar-refractivity contribution in [2.45, 2.75) is 0 Å². The Morgan fingerprint density at radius 1 is 0.243 bits per heavy atom. The fraction of sp³-hybridized carbons (Fsp3) is 0. The Balaban J connectivity index is 0.940. The zero-order valence-corrected chi connectivity index (χ0v) is 38.2. The van der Waals surface area contributed by atoms with Crippen LogP contribution in [0.25, 0.3) is 120 Å². The minimum Gasteiger partial charge on any atom is -0.453 e. The van der Waals surface area contributed by atoms with E-state index in [-0.39, 0.29) is 0 Å². The van der Waals surface area contributed by atoms with Crippen LogP contribution in [0.3, 0.4) is 0 Å². The maximum Gasteiger partial charge on any atom is 0.159 e. The molecule has 1 heterocycles. The topological polar surface area (TPSA) is 16.4 Å². The summed E-state index contributed by atoms with van der Waals surface area (Å²) in [5.74, 6) is 0. The number of benzene rings is 13. The second-order valence-electron chi connectivity index (χ2n) is 18.4. The predicted molar refractivity (Wildman–Crippen MR) is 298 cm³/mol. The summed E-state index contributed by atoms with van der Waals surface area (Å²) >= 11 is 0. The number of hydrogen-bond donors (Lipinski definition) is 0. The van der Waals surface area contributed by atoms with Gasteiger partial charge in [0.1, 0.15) is 5.58 Å². The molecule has 13 aromatic carbocycles. The van der Waals surface area contributed by atoms with Gasteiger partial charge in [0.2, 0.25) is 0 Å². The minimum absolute atomic E-state index is 0.843. The maximum absolute atomic E-state index is 7.30. The second kappa shape index (κ2) is 16.2. The summed E-state index contributed by atoms with van der Waals surface area (Å²) in [6.45, 7) is 0. The van der Waals surface area contributed by atoms with Crippen molar-refractivity contribution in [3.8, 4) is 44.5 Å². The third-order valence-corrected chi connectivity index (χ3v) is 14.4. The molecule has 0 amide bonds. The molecule has 0 radical (unpaired) electrons. The molecule has 14 aromatic rings. The standard InChI is InChI=1S/C68H43NO/c1-2-15-47(16-3-1)63-43-54-19-7-9-22-57(54)66-62-27-13-29-65(67(62)70-68(63)66)69(64-28-12-25-60-59(24-11-26-61(60)64)58-23-10-20-46-17-6-8-21-56(46)58)55-38-36-45(37-39-55)49-32-33-52-42-53(35-34-51(52)41-49)50-31-30-44-14-4-5-18-48(44)40-50/h1-43H. The Hall–Kier alpha value is -9.24. The number of para-hydroxylation sites is 1. The van der Waals surface area contributed by atoms with Crippen LogP contribution >= 0.6 is 0 Å². The number of nitrogens with zero attached hydrogens (tertiary/aromatic N) is 1. The van der Waals surface area contributed by atoms with Gasteiger partial charge in [-0.1, -0.05) is 212 Å². The highest BCUT2D eigenvalue weighted by Gasteiger charge is 2.24. The van der Waals surface area contributed by atoms with Crippen molar-refractivity contribution in [2.24, 2.45) is 0 Å². The van der Waals surface area contributed by atoms with Gasteiger partial charge in [0.25, 0.3) is 0 Å². The van der Waals surface area contributed by atoms with Crippen molar-refractivity contribution < 1.29 is 4.42 Å². The lowest BCUT2D eigenvalue weighted by Crippen LogP contribution is -2.11. The molecule has 0 unspecified atom stereocenters. The van der Waals surface area contributed by atoms with Crippen LogP contribution in [0, 0.1) is 0 Å². The van der Waals surface area contributed by atoms with Crippen LogP contribution in [-0.2, 0) is 0 Å². The fourth-order valence-electron chi connectivity index (χ4n) is 11.0. The van der Waals surface area contributed by atoms with Crippen LogP contribution in [0.5, 0.6) is 0 Å². The average molecular weight is 890 g/mol. The van der Waals surface area contributed by atoms with E-state index in [2.05, 4.69) is 266 Å². The molecule has 0 spiro atoms. The summed E-state index contributed by atoms with van der Waals surface area (Å²) in [4.78, 5) is 2.41. The molecule has 0 aliphatic heterocycles. The van der Waals surface area contributed by atoms with Crippen LogP contribution in [-0.4, -0.2) is 0 Å². The third kappa shape index (κ3) is 6.57. The first kappa shape index (κ1) is 39.9. The molecule has 70 heavy (non-hydrogen) atoms. The Kier molecular flexibility index (Phi) is 9.25. The summed E-state index contributed by atoms with van der Waals surface area (Å²) in [7, 11) is 0. The van der Waals surface area contributed by atoms with Crippen LogP contribution in [0.15, 0.2) is 265 Å². The Labute approximate surface area is 405 Å². The molecule has 0 saturated carbocycles. The molecule has 0 saturated heterocycles. The zero-order valence-electron chi connectivity index (χ0n) is 38.2. The van der Waals surface area contributed by atoms with E-state index in [0.29, 0.717) is 0 Å². The summed E-state index contributed by atoms with van der Waals surface area (Å²) in [6, 6.07) is 94.9. The highest BCUT2D eigenvalue weighted by molar-refractivity contribution is 6.24. The quantitative estimate of drug-likeness (QED) is 0.159. The fourth-order valence-corrected chi connectivity index (χ4v) is 11.0. The normalized spacial score (nSPS) is 11.7. The zero-order chi connectivity index (χ0) is 46.1. The molecule has 0 N–H and O–H groups in total. The number of rotatable bonds is 7. The van der Waals surface area contributed by atoms with E-state index in [1.165, 1.54) is 76.3 Å².